The number of carbonyl (C=O) groups excluding carboxylic acids is 1. The van der Waals surface area contributed by atoms with Gasteiger partial charge in [0.15, 0.2) is 0 Å². The van der Waals surface area contributed by atoms with Crippen molar-refractivity contribution in [2.45, 2.75) is 24.2 Å². The van der Waals surface area contributed by atoms with Crippen molar-refractivity contribution in [1.82, 2.24) is 9.62 Å². The van der Waals surface area contributed by atoms with E-state index in [1.165, 1.54) is 19.2 Å². The van der Waals surface area contributed by atoms with Crippen LogP contribution in [0.5, 0.6) is 5.75 Å². The molecule has 1 atom stereocenters. The molecule has 1 aromatic rings. The molecular formula is C17H26N2O4S2. The molecule has 0 bridgehead atoms. The van der Waals surface area contributed by atoms with Crippen LogP contribution in [-0.2, 0) is 14.8 Å². The van der Waals surface area contributed by atoms with E-state index < -0.39 is 10.0 Å². The number of nitrogens with zero attached hydrogens (tertiary/aromatic N) is 1. The van der Waals surface area contributed by atoms with Gasteiger partial charge in [-0.25, -0.2) is 13.1 Å². The summed E-state index contributed by atoms with van der Waals surface area (Å²) in [5.41, 5.74) is 0. The van der Waals surface area contributed by atoms with E-state index in [2.05, 4.69) is 4.72 Å². The largest absolute Gasteiger partial charge is 0.497 e. The Morgan fingerprint density at radius 3 is 2.72 bits per heavy atom. The molecule has 0 saturated carbocycles. The Bertz CT molecular complexity index is 662. The number of amides is 1. The summed E-state index contributed by atoms with van der Waals surface area (Å²) >= 11 is 1.66. The second kappa shape index (κ2) is 9.45. The molecule has 1 aliphatic heterocycles. The van der Waals surface area contributed by atoms with Crippen LogP contribution in [0, 0.1) is 5.92 Å². The molecule has 0 aliphatic carbocycles. The van der Waals surface area contributed by atoms with Gasteiger partial charge in [-0.1, -0.05) is 0 Å². The molecule has 0 radical (unpaired) electrons. The number of piperidine rings is 1. The number of thioether (sulfide) groups is 1. The molecule has 8 heteroatoms. The number of likely N-dealkylation sites (tertiary alicyclic amines) is 1. The van der Waals surface area contributed by atoms with Crippen LogP contribution >= 0.6 is 11.8 Å². The minimum Gasteiger partial charge on any atom is -0.497 e. The number of methoxy groups -OCH3 is 1. The number of nitrogens with one attached hydrogen (secondary N) is 1. The summed E-state index contributed by atoms with van der Waals surface area (Å²) in [5.74, 6) is 1.76. The molecule has 1 aromatic carbocycles. The first-order valence-electron chi connectivity index (χ1n) is 8.36. The molecule has 0 aromatic heterocycles. The van der Waals surface area contributed by atoms with Crippen molar-refractivity contribution in [1.29, 1.82) is 0 Å². The number of hydrogen-bond donors (Lipinski definition) is 1. The Labute approximate surface area is 154 Å². The molecule has 1 aliphatic rings. The standard InChI is InChI=1S/C17H26N2O4S2/c1-23-15-5-7-16(8-6-15)25(21,22)18-12-14-4-3-10-19(13-14)17(20)9-11-24-2/h5-8,14,18H,3-4,9-13H2,1-2H3/t14-/m1/s1. The maximum absolute atomic E-state index is 12.4. The minimum atomic E-state index is -3.55. The molecule has 1 saturated heterocycles. The number of ether oxygens (including phenoxy) is 1. The quantitative estimate of drug-likeness (QED) is 0.739. The molecule has 1 amide bonds. The smallest absolute Gasteiger partial charge is 0.240 e. The Hall–Kier alpha value is -1.25. The van der Waals surface area contributed by atoms with Crippen molar-refractivity contribution in [2.75, 3.05) is 38.8 Å². The zero-order chi connectivity index (χ0) is 18.3. The lowest BCUT2D eigenvalue weighted by atomic mass is 9.98. The summed E-state index contributed by atoms with van der Waals surface area (Å²) in [5, 5.41) is 0. The lowest BCUT2D eigenvalue weighted by Crippen LogP contribution is -2.43. The van der Waals surface area contributed by atoms with Gasteiger partial charge in [0.2, 0.25) is 15.9 Å². The SMILES string of the molecule is COc1ccc(S(=O)(=O)NC[C@H]2CCCN(C(=O)CCSC)C2)cc1. The Morgan fingerprint density at radius 2 is 2.08 bits per heavy atom. The lowest BCUT2D eigenvalue weighted by molar-refractivity contribution is -0.132. The maximum atomic E-state index is 12.4. The fourth-order valence-corrected chi connectivity index (χ4v) is 4.37. The second-order valence-corrected chi connectivity index (χ2v) is 8.87. The van der Waals surface area contributed by atoms with Crippen molar-refractivity contribution < 1.29 is 17.9 Å². The number of rotatable bonds is 8. The fraction of sp³-hybridized carbons (Fsp3) is 0.588. The number of sulfonamides is 1. The first kappa shape index (κ1) is 20.1. The van der Waals surface area contributed by atoms with Gasteiger partial charge in [-0.05, 0) is 49.3 Å². The third-order valence-electron chi connectivity index (χ3n) is 4.32. The highest BCUT2D eigenvalue weighted by Crippen LogP contribution is 2.19. The molecule has 0 spiro atoms. The van der Waals surface area contributed by atoms with E-state index in [4.69, 9.17) is 4.74 Å². The minimum absolute atomic E-state index is 0.153. The van der Waals surface area contributed by atoms with Crippen LogP contribution in [0.1, 0.15) is 19.3 Å². The average molecular weight is 387 g/mol. The summed E-state index contributed by atoms with van der Waals surface area (Å²) in [7, 11) is -2.01. The number of carbonyl (C=O) groups is 1. The van der Waals surface area contributed by atoms with Crippen molar-refractivity contribution in [3.8, 4) is 5.75 Å². The number of hydrogen-bond acceptors (Lipinski definition) is 5. The normalized spacial score (nSPS) is 18.2. The second-order valence-electron chi connectivity index (χ2n) is 6.12. The van der Waals surface area contributed by atoms with E-state index in [0.717, 1.165) is 25.1 Å². The summed E-state index contributed by atoms with van der Waals surface area (Å²) in [6, 6.07) is 6.31. The van der Waals surface area contributed by atoms with Gasteiger partial charge in [-0.15, -0.1) is 0 Å². The van der Waals surface area contributed by atoms with Gasteiger partial charge in [-0.3, -0.25) is 4.79 Å². The average Bonchev–Trinajstić information content (AvgIpc) is 2.64. The lowest BCUT2D eigenvalue weighted by Gasteiger charge is -2.33. The predicted octanol–water partition coefficient (Wildman–Crippen LogP) is 1.97. The van der Waals surface area contributed by atoms with Crippen molar-refractivity contribution in [3.05, 3.63) is 24.3 Å². The van der Waals surface area contributed by atoms with Gasteiger partial charge in [0.05, 0.1) is 12.0 Å². The van der Waals surface area contributed by atoms with E-state index in [1.807, 2.05) is 11.2 Å². The molecule has 1 N–H and O–H groups in total. The highest BCUT2D eigenvalue weighted by Gasteiger charge is 2.25. The molecule has 6 nitrogen and oxygen atoms in total. The van der Waals surface area contributed by atoms with E-state index in [0.29, 0.717) is 25.3 Å². The van der Waals surface area contributed by atoms with Crippen LogP contribution in [0.4, 0.5) is 0 Å². The van der Waals surface area contributed by atoms with E-state index >= 15 is 0 Å². The van der Waals surface area contributed by atoms with Crippen LogP contribution in [0.2, 0.25) is 0 Å². The zero-order valence-electron chi connectivity index (χ0n) is 14.7. The molecule has 2 rings (SSSR count). The Balaban J connectivity index is 1.89. The van der Waals surface area contributed by atoms with Gasteiger partial charge in [0.25, 0.3) is 0 Å². The zero-order valence-corrected chi connectivity index (χ0v) is 16.4. The molecule has 0 unspecified atom stereocenters. The topological polar surface area (TPSA) is 75.7 Å². The van der Waals surface area contributed by atoms with E-state index in [9.17, 15) is 13.2 Å². The third-order valence-corrected chi connectivity index (χ3v) is 6.38. The first-order chi connectivity index (χ1) is 12.0. The van der Waals surface area contributed by atoms with Gasteiger partial charge in [0.1, 0.15) is 5.75 Å². The molecule has 1 heterocycles. The maximum Gasteiger partial charge on any atom is 0.240 e. The molecule has 25 heavy (non-hydrogen) atoms. The van der Waals surface area contributed by atoms with Crippen LogP contribution in [-0.4, -0.2) is 58.0 Å². The van der Waals surface area contributed by atoms with E-state index in [-0.39, 0.29) is 16.7 Å². The Morgan fingerprint density at radius 1 is 1.36 bits per heavy atom. The Kier molecular flexibility index (Phi) is 7.58. The van der Waals surface area contributed by atoms with Crippen molar-refractivity contribution in [3.63, 3.8) is 0 Å². The monoisotopic (exact) mass is 386 g/mol. The highest BCUT2D eigenvalue weighted by molar-refractivity contribution is 7.98. The third kappa shape index (κ3) is 5.90. The van der Waals surface area contributed by atoms with Crippen LogP contribution in [0.25, 0.3) is 0 Å². The van der Waals surface area contributed by atoms with Crippen LogP contribution in [0.3, 0.4) is 0 Å². The number of benzene rings is 1. The van der Waals surface area contributed by atoms with Crippen LogP contribution in [0.15, 0.2) is 29.2 Å². The van der Waals surface area contributed by atoms with Crippen molar-refractivity contribution in [2.24, 2.45) is 5.92 Å². The fourth-order valence-electron chi connectivity index (χ4n) is 2.87. The van der Waals surface area contributed by atoms with Gasteiger partial charge in [0, 0.05) is 31.8 Å². The highest BCUT2D eigenvalue weighted by atomic mass is 32.2. The predicted molar refractivity (Wildman–Crippen MR) is 100 cm³/mol. The summed E-state index contributed by atoms with van der Waals surface area (Å²) < 4.78 is 32.5. The molecular weight excluding hydrogens is 360 g/mol. The summed E-state index contributed by atoms with van der Waals surface area (Å²) in [4.78, 5) is 14.2. The van der Waals surface area contributed by atoms with Gasteiger partial charge < -0.3 is 9.64 Å². The first-order valence-corrected chi connectivity index (χ1v) is 11.2. The molecule has 1 fully saturated rings. The molecule has 140 valence electrons. The summed E-state index contributed by atoms with van der Waals surface area (Å²) in [6.07, 6.45) is 4.38. The van der Waals surface area contributed by atoms with E-state index in [1.54, 1.807) is 23.9 Å². The van der Waals surface area contributed by atoms with Crippen molar-refractivity contribution >= 4 is 27.7 Å². The van der Waals surface area contributed by atoms with Gasteiger partial charge >= 0.3 is 0 Å². The summed E-state index contributed by atoms with van der Waals surface area (Å²) in [6.45, 7) is 1.74. The van der Waals surface area contributed by atoms with Crippen LogP contribution < -0.4 is 9.46 Å². The van der Waals surface area contributed by atoms with Gasteiger partial charge in [-0.2, -0.15) is 11.8 Å².